The predicted octanol–water partition coefficient (Wildman–Crippen LogP) is 2.13. The predicted molar refractivity (Wildman–Crippen MR) is 130 cm³/mol. The molecule has 204 valence electrons. The van der Waals surface area contributed by atoms with Gasteiger partial charge in [0.1, 0.15) is 40.1 Å². The number of carbonyl (C=O) groups excluding carboxylic acids is 2. The van der Waals surface area contributed by atoms with E-state index in [0.29, 0.717) is 17.6 Å². The van der Waals surface area contributed by atoms with Crippen molar-refractivity contribution in [1.82, 2.24) is 15.6 Å². The Hall–Kier alpha value is -3.58. The van der Waals surface area contributed by atoms with Crippen LogP contribution in [-0.2, 0) is 25.2 Å². The van der Waals surface area contributed by atoms with Crippen molar-refractivity contribution in [3.8, 4) is 5.75 Å². The summed E-state index contributed by atoms with van der Waals surface area (Å²) >= 11 is 0. The third kappa shape index (κ3) is 7.23. The number of hydrogen-bond donors (Lipinski definition) is 4. The van der Waals surface area contributed by atoms with Crippen molar-refractivity contribution in [2.24, 2.45) is 11.5 Å². The molecular formula is C24H32F3N5O5. The number of benzene rings is 1. The van der Waals surface area contributed by atoms with E-state index in [1.165, 1.54) is 40.2 Å². The summed E-state index contributed by atoms with van der Waals surface area (Å²) in [5.41, 5.74) is 9.52. The first-order chi connectivity index (χ1) is 17.3. The molecular weight excluding hydrogens is 495 g/mol. The van der Waals surface area contributed by atoms with Gasteiger partial charge in [-0.15, -0.1) is 0 Å². The van der Waals surface area contributed by atoms with Crippen LogP contribution in [-0.4, -0.2) is 56.3 Å². The molecule has 2 rings (SSSR count). The fourth-order valence-corrected chi connectivity index (χ4v) is 3.41. The maximum atomic E-state index is 13.2. The average Bonchev–Trinajstić information content (AvgIpc) is 2.84. The van der Waals surface area contributed by atoms with Gasteiger partial charge in [-0.25, -0.2) is 4.98 Å². The van der Waals surface area contributed by atoms with Crippen LogP contribution in [0.2, 0.25) is 0 Å². The number of methoxy groups -OCH3 is 2. The summed E-state index contributed by atoms with van der Waals surface area (Å²) in [6, 6.07) is 5.21. The lowest BCUT2D eigenvalue weighted by Crippen LogP contribution is -2.56. The Bertz CT molecular complexity index is 1170. The Morgan fingerprint density at radius 3 is 2.38 bits per heavy atom. The summed E-state index contributed by atoms with van der Waals surface area (Å²) in [6.07, 6.45) is -5.43. The molecule has 0 fully saturated rings. The van der Waals surface area contributed by atoms with Gasteiger partial charge in [-0.3, -0.25) is 9.59 Å². The van der Waals surface area contributed by atoms with Gasteiger partial charge in [-0.1, -0.05) is 12.1 Å². The highest BCUT2D eigenvalue weighted by atomic mass is 19.4. The lowest BCUT2D eigenvalue weighted by atomic mass is 10.0. The summed E-state index contributed by atoms with van der Waals surface area (Å²) in [6.45, 7) is 4.91. The van der Waals surface area contributed by atoms with Gasteiger partial charge in [0.2, 0.25) is 5.91 Å². The van der Waals surface area contributed by atoms with Crippen molar-refractivity contribution in [1.29, 1.82) is 0 Å². The molecule has 10 nitrogen and oxygen atoms in total. The van der Waals surface area contributed by atoms with Crippen LogP contribution in [0.1, 0.15) is 38.1 Å². The van der Waals surface area contributed by atoms with Crippen LogP contribution >= 0.6 is 0 Å². The highest BCUT2D eigenvalue weighted by Gasteiger charge is 2.33. The largest absolute Gasteiger partial charge is 0.494 e. The quantitative estimate of drug-likeness (QED) is 0.197. The average molecular weight is 528 g/mol. The molecule has 6 N–H and O–H groups in total. The molecule has 1 heterocycles. The van der Waals surface area contributed by atoms with Crippen molar-refractivity contribution in [3.05, 3.63) is 47.0 Å². The molecule has 1 aromatic heterocycles. The first kappa shape index (κ1) is 29.6. The van der Waals surface area contributed by atoms with Crippen molar-refractivity contribution in [2.75, 3.05) is 33.9 Å². The Kier molecular flexibility index (Phi) is 9.70. The maximum Gasteiger partial charge on any atom is 0.433 e. The van der Waals surface area contributed by atoms with Gasteiger partial charge in [0.15, 0.2) is 0 Å². The number of hydrogen-bond acceptors (Lipinski definition) is 8. The van der Waals surface area contributed by atoms with Crippen LogP contribution in [0.15, 0.2) is 35.7 Å². The molecule has 0 aliphatic carbocycles. The van der Waals surface area contributed by atoms with Gasteiger partial charge in [0.05, 0.1) is 20.3 Å². The second-order valence-electron chi connectivity index (χ2n) is 8.58. The van der Waals surface area contributed by atoms with Gasteiger partial charge < -0.3 is 36.3 Å². The summed E-state index contributed by atoms with van der Waals surface area (Å²) in [5, 5.41) is 5.51. The van der Waals surface area contributed by atoms with E-state index >= 15 is 0 Å². The van der Waals surface area contributed by atoms with Crippen molar-refractivity contribution < 1.29 is 37.0 Å². The fourth-order valence-electron chi connectivity index (χ4n) is 3.41. The fraction of sp³-hybridized carbons (Fsp3) is 0.458. The summed E-state index contributed by atoms with van der Waals surface area (Å²) in [4.78, 5) is 28.9. The zero-order chi connectivity index (χ0) is 28.0. The number of rotatable bonds is 11. The second-order valence-corrected chi connectivity index (χ2v) is 8.58. The van der Waals surface area contributed by atoms with E-state index in [-0.39, 0.29) is 35.8 Å². The third-order valence-electron chi connectivity index (χ3n) is 5.44. The van der Waals surface area contributed by atoms with Gasteiger partial charge in [-0.05, 0) is 32.9 Å². The zero-order valence-corrected chi connectivity index (χ0v) is 21.3. The van der Waals surface area contributed by atoms with E-state index in [1.54, 1.807) is 13.0 Å². The Morgan fingerprint density at radius 2 is 1.81 bits per heavy atom. The molecule has 1 aromatic carbocycles. The molecule has 13 heteroatoms. The number of nitrogens with two attached hydrogens (primary N) is 2. The highest BCUT2D eigenvalue weighted by Crippen LogP contribution is 2.36. The molecule has 0 saturated heterocycles. The lowest BCUT2D eigenvalue weighted by molar-refractivity contribution is -0.141. The van der Waals surface area contributed by atoms with Crippen LogP contribution < -0.4 is 26.8 Å². The molecule has 0 saturated carbocycles. The minimum atomic E-state index is -4.64. The number of alkyl halides is 3. The molecule has 2 aromatic rings. The van der Waals surface area contributed by atoms with Crippen LogP contribution in [0, 0.1) is 0 Å². The Labute approximate surface area is 212 Å². The molecule has 1 unspecified atom stereocenters. The smallest absolute Gasteiger partial charge is 0.433 e. The van der Waals surface area contributed by atoms with E-state index < -0.39 is 35.3 Å². The number of nitrogens with one attached hydrogen (secondary N) is 2. The zero-order valence-electron chi connectivity index (χ0n) is 21.3. The molecule has 0 aliphatic rings. The topological polar surface area (TPSA) is 151 Å². The van der Waals surface area contributed by atoms with Crippen molar-refractivity contribution >= 4 is 22.7 Å². The Balaban J connectivity index is 2.32. The van der Waals surface area contributed by atoms with Gasteiger partial charge >= 0.3 is 6.18 Å². The minimum Gasteiger partial charge on any atom is -0.494 e. The van der Waals surface area contributed by atoms with E-state index in [4.69, 9.17) is 25.7 Å². The molecule has 37 heavy (non-hydrogen) atoms. The number of aromatic nitrogens is 1. The normalized spacial score (nSPS) is 13.5. The van der Waals surface area contributed by atoms with E-state index in [9.17, 15) is 22.8 Å². The number of carbonyl (C=O) groups is 2. The van der Waals surface area contributed by atoms with Crippen LogP contribution in [0.25, 0.3) is 10.9 Å². The van der Waals surface area contributed by atoms with Crippen LogP contribution in [0.5, 0.6) is 5.75 Å². The second kappa shape index (κ2) is 12.1. The molecule has 0 radical (unpaired) electrons. The lowest BCUT2D eigenvalue weighted by Gasteiger charge is -2.26. The first-order valence-electron chi connectivity index (χ1n) is 11.3. The first-order valence-corrected chi connectivity index (χ1v) is 11.3. The van der Waals surface area contributed by atoms with E-state index in [0.717, 1.165) is 6.07 Å². The highest BCUT2D eigenvalue weighted by molar-refractivity contribution is 5.98. The number of pyridine rings is 1. The number of nitrogens with zero attached hydrogens (tertiary/aromatic N) is 1. The monoisotopic (exact) mass is 527 g/mol. The minimum absolute atomic E-state index is 0.00416. The summed E-state index contributed by atoms with van der Waals surface area (Å²) in [5.74, 6) is -1.15. The summed E-state index contributed by atoms with van der Waals surface area (Å²) in [7, 11) is 2.81. The third-order valence-corrected chi connectivity index (χ3v) is 5.44. The van der Waals surface area contributed by atoms with Gasteiger partial charge in [0.25, 0.3) is 5.91 Å². The molecule has 0 spiro atoms. The number of amides is 2. The van der Waals surface area contributed by atoms with Gasteiger partial charge in [0, 0.05) is 24.6 Å². The van der Waals surface area contributed by atoms with Crippen LogP contribution in [0.4, 0.5) is 13.2 Å². The number of ether oxygens (including phenoxy) is 3. The standard InChI is InChI=1S/C24H32F3N5O5/c1-13(14-6-8-16(36-5)20-15(14)7-9-18(31-20)24(25,26)27)37-17(12-28)19(29)21(33)32-23(2,3)22(34)30-10-11-35-4/h6-9,13H,10-12,28-29H2,1-5H3,(H,30,34)(H,32,33)/b19-17-. The molecule has 0 bridgehead atoms. The number of fused-ring (bicyclic) bond motifs is 1. The maximum absolute atomic E-state index is 13.2. The number of halogens is 3. The van der Waals surface area contributed by atoms with Crippen LogP contribution in [0.3, 0.4) is 0 Å². The van der Waals surface area contributed by atoms with E-state index in [1.807, 2.05) is 0 Å². The molecule has 1 atom stereocenters. The SMILES string of the molecule is COCCNC(=O)C(C)(C)NC(=O)/C(N)=C(\CN)OC(C)c1ccc(OC)c2nc(C(F)(F)F)ccc12. The Morgan fingerprint density at radius 1 is 1.14 bits per heavy atom. The summed E-state index contributed by atoms with van der Waals surface area (Å²) < 4.78 is 55.6. The van der Waals surface area contributed by atoms with Crippen molar-refractivity contribution in [2.45, 2.75) is 38.6 Å². The van der Waals surface area contributed by atoms with Crippen molar-refractivity contribution in [3.63, 3.8) is 0 Å². The van der Waals surface area contributed by atoms with E-state index in [2.05, 4.69) is 15.6 Å². The van der Waals surface area contributed by atoms with Gasteiger partial charge in [-0.2, -0.15) is 13.2 Å². The molecule has 0 aliphatic heterocycles. The molecule has 2 amide bonds.